The van der Waals surface area contributed by atoms with Crippen LogP contribution in [0, 0.1) is 0 Å². The van der Waals surface area contributed by atoms with Gasteiger partial charge in [0.2, 0.25) is 0 Å². The number of hydrogen-bond donors (Lipinski definition) is 0. The number of benzene rings is 1. The number of amides is 3. The van der Waals surface area contributed by atoms with Crippen LogP contribution in [0.4, 0.5) is 4.79 Å². The highest BCUT2D eigenvalue weighted by Gasteiger charge is 2.32. The second kappa shape index (κ2) is 6.34. The van der Waals surface area contributed by atoms with Crippen LogP contribution in [0.3, 0.4) is 0 Å². The third-order valence-corrected chi connectivity index (χ3v) is 4.08. The second-order valence-electron chi connectivity index (χ2n) is 5.07. The molecule has 1 aliphatic heterocycles. The van der Waals surface area contributed by atoms with E-state index in [1.54, 1.807) is 0 Å². The van der Waals surface area contributed by atoms with E-state index < -0.39 is 6.03 Å². The monoisotopic (exact) mass is 371 g/mol. The van der Waals surface area contributed by atoms with Crippen LogP contribution in [0.1, 0.15) is 5.69 Å². The zero-order valence-electron chi connectivity index (χ0n) is 12.3. The summed E-state index contributed by atoms with van der Waals surface area (Å²) in [5, 5.41) is 0. The molecule has 116 valence electrons. The van der Waals surface area contributed by atoms with Crippen molar-refractivity contribution in [3.8, 4) is 5.69 Å². The number of nitrogens with zero attached hydrogens (tertiary/aromatic N) is 3. The number of hydrogen-bond acceptors (Lipinski definition) is 2. The van der Waals surface area contributed by atoms with Crippen molar-refractivity contribution in [1.82, 2.24) is 9.47 Å². The summed E-state index contributed by atoms with van der Waals surface area (Å²) in [7, 11) is 0. The van der Waals surface area contributed by atoms with E-state index in [4.69, 9.17) is 0 Å². The summed E-state index contributed by atoms with van der Waals surface area (Å²) in [4.78, 5) is 29.0. The molecule has 0 bridgehead atoms. The number of halogens is 1. The first-order chi connectivity index (χ1) is 11.1. The molecule has 0 saturated carbocycles. The van der Waals surface area contributed by atoms with Crippen LogP contribution < -0.4 is 0 Å². The molecule has 6 heteroatoms. The number of rotatable bonds is 5. The van der Waals surface area contributed by atoms with Gasteiger partial charge in [0.15, 0.2) is 0 Å². The molecule has 0 N–H and O–H groups in total. The molecule has 0 saturated heterocycles. The van der Waals surface area contributed by atoms with Crippen molar-refractivity contribution in [3.05, 3.63) is 65.4 Å². The molecule has 0 unspecified atom stereocenters. The van der Waals surface area contributed by atoms with Gasteiger partial charge in [0.1, 0.15) is 5.71 Å². The van der Waals surface area contributed by atoms with E-state index in [0.717, 1.165) is 20.8 Å². The van der Waals surface area contributed by atoms with Gasteiger partial charge in [-0.25, -0.2) is 4.79 Å². The molecule has 3 amide bonds. The van der Waals surface area contributed by atoms with Crippen molar-refractivity contribution in [2.75, 3.05) is 6.54 Å². The van der Waals surface area contributed by atoms with Crippen molar-refractivity contribution in [2.45, 2.75) is 6.42 Å². The fourth-order valence-corrected chi connectivity index (χ4v) is 2.72. The molecule has 3 rings (SSSR count). The predicted molar refractivity (Wildman–Crippen MR) is 91.9 cm³/mol. The van der Waals surface area contributed by atoms with Gasteiger partial charge in [0.25, 0.3) is 5.91 Å². The predicted octanol–water partition coefficient (Wildman–Crippen LogP) is 3.37. The summed E-state index contributed by atoms with van der Waals surface area (Å²) in [5.74, 6) is -0.349. The minimum atomic E-state index is -0.522. The summed E-state index contributed by atoms with van der Waals surface area (Å²) in [6, 6.07) is 11.1. The topological polar surface area (TPSA) is 54.7 Å². The fourth-order valence-electron chi connectivity index (χ4n) is 2.46. The molecule has 2 aromatic rings. The van der Waals surface area contributed by atoms with Gasteiger partial charge in [0, 0.05) is 35.0 Å². The van der Waals surface area contributed by atoms with Crippen molar-refractivity contribution >= 4 is 33.6 Å². The van der Waals surface area contributed by atoms with Gasteiger partial charge >= 0.3 is 6.03 Å². The van der Waals surface area contributed by atoms with E-state index in [9.17, 15) is 9.59 Å². The highest BCUT2D eigenvalue weighted by molar-refractivity contribution is 9.10. The molecule has 0 atom stereocenters. The number of carbonyl (C=O) groups excluding carboxylic acids is 2. The van der Waals surface area contributed by atoms with Crippen LogP contribution >= 0.6 is 15.9 Å². The number of urea groups is 1. The van der Waals surface area contributed by atoms with Gasteiger partial charge in [-0.3, -0.25) is 9.69 Å². The number of aliphatic imine (C=N–C) groups is 1. The Morgan fingerprint density at radius 2 is 1.91 bits per heavy atom. The normalized spacial score (nSPS) is 14.3. The lowest BCUT2D eigenvalue weighted by atomic mass is 10.2. The van der Waals surface area contributed by atoms with Crippen LogP contribution in [-0.2, 0) is 11.2 Å². The van der Waals surface area contributed by atoms with Crippen molar-refractivity contribution in [1.29, 1.82) is 0 Å². The molecular formula is C17H14BrN3O2. The summed E-state index contributed by atoms with van der Waals surface area (Å²) in [6.45, 7) is 3.73. The Bertz CT molecular complexity index is 806. The smallest absolute Gasteiger partial charge is 0.321 e. The van der Waals surface area contributed by atoms with Gasteiger partial charge in [-0.05, 0) is 36.4 Å². The molecule has 1 aromatic heterocycles. The Morgan fingerprint density at radius 1 is 1.17 bits per heavy atom. The maximum absolute atomic E-state index is 12.2. The average molecular weight is 372 g/mol. The summed E-state index contributed by atoms with van der Waals surface area (Å²) >= 11 is 3.41. The maximum Gasteiger partial charge on any atom is 0.351 e. The van der Waals surface area contributed by atoms with Crippen LogP contribution in [0.2, 0.25) is 0 Å². The standard InChI is InChI=1S/C17H14BrN3O2/c1-2-9-21-16(22)15(19-17(21)23)11-14-4-3-10-20(14)13-7-5-12(18)6-8-13/h2-8,10H,1,9,11H2. The van der Waals surface area contributed by atoms with Gasteiger partial charge in [-0.1, -0.05) is 22.0 Å². The van der Waals surface area contributed by atoms with Crippen LogP contribution in [-0.4, -0.2) is 33.7 Å². The van der Waals surface area contributed by atoms with Gasteiger partial charge < -0.3 is 4.57 Å². The molecular weight excluding hydrogens is 358 g/mol. The molecule has 2 heterocycles. The van der Waals surface area contributed by atoms with E-state index in [-0.39, 0.29) is 18.2 Å². The van der Waals surface area contributed by atoms with E-state index in [2.05, 4.69) is 27.5 Å². The zero-order valence-corrected chi connectivity index (χ0v) is 13.9. The first kappa shape index (κ1) is 15.4. The highest BCUT2D eigenvalue weighted by atomic mass is 79.9. The van der Waals surface area contributed by atoms with Crippen molar-refractivity contribution < 1.29 is 9.59 Å². The van der Waals surface area contributed by atoms with E-state index >= 15 is 0 Å². The Kier molecular flexibility index (Phi) is 4.25. The number of aromatic nitrogens is 1. The first-order valence-corrected chi connectivity index (χ1v) is 7.86. The lowest BCUT2D eigenvalue weighted by Crippen LogP contribution is -2.33. The molecule has 0 spiro atoms. The number of carbonyl (C=O) groups is 2. The lowest BCUT2D eigenvalue weighted by Gasteiger charge is -2.11. The van der Waals surface area contributed by atoms with E-state index in [0.29, 0.717) is 6.42 Å². The van der Waals surface area contributed by atoms with E-state index in [1.807, 2.05) is 47.2 Å². The quantitative estimate of drug-likeness (QED) is 0.756. The van der Waals surface area contributed by atoms with E-state index in [1.165, 1.54) is 6.08 Å². The second-order valence-corrected chi connectivity index (χ2v) is 5.98. The zero-order chi connectivity index (χ0) is 16.4. The lowest BCUT2D eigenvalue weighted by molar-refractivity contribution is -0.120. The van der Waals surface area contributed by atoms with Crippen molar-refractivity contribution in [2.24, 2.45) is 4.99 Å². The Morgan fingerprint density at radius 3 is 2.61 bits per heavy atom. The minimum Gasteiger partial charge on any atom is -0.321 e. The Labute approximate surface area is 142 Å². The Balaban J connectivity index is 1.85. The third kappa shape index (κ3) is 3.03. The van der Waals surface area contributed by atoms with Crippen molar-refractivity contribution in [3.63, 3.8) is 0 Å². The molecule has 0 fully saturated rings. The summed E-state index contributed by atoms with van der Waals surface area (Å²) in [5.41, 5.74) is 2.13. The summed E-state index contributed by atoms with van der Waals surface area (Å²) < 4.78 is 2.97. The molecule has 0 radical (unpaired) electrons. The largest absolute Gasteiger partial charge is 0.351 e. The van der Waals surface area contributed by atoms with Gasteiger partial charge in [-0.2, -0.15) is 4.99 Å². The molecule has 1 aliphatic rings. The third-order valence-electron chi connectivity index (χ3n) is 3.55. The Hall–Kier alpha value is -2.47. The first-order valence-electron chi connectivity index (χ1n) is 7.06. The maximum atomic E-state index is 12.2. The highest BCUT2D eigenvalue weighted by Crippen LogP contribution is 2.18. The number of imide groups is 1. The minimum absolute atomic E-state index is 0.179. The molecule has 1 aromatic carbocycles. The average Bonchev–Trinajstić information content (AvgIpc) is 3.09. The van der Waals surface area contributed by atoms with Crippen LogP contribution in [0.15, 0.2) is 64.7 Å². The van der Waals surface area contributed by atoms with Crippen LogP contribution in [0.5, 0.6) is 0 Å². The molecule has 0 aliphatic carbocycles. The SMILES string of the molecule is C=CCN1C(=O)N=C(Cc2cccn2-c2ccc(Br)cc2)C1=O. The van der Waals surface area contributed by atoms with Crippen LogP contribution in [0.25, 0.3) is 5.69 Å². The molecule has 23 heavy (non-hydrogen) atoms. The fraction of sp³-hybridized carbons (Fsp3) is 0.118. The summed E-state index contributed by atoms with van der Waals surface area (Å²) in [6.07, 6.45) is 3.74. The van der Waals surface area contributed by atoms with Gasteiger partial charge in [0.05, 0.1) is 0 Å². The van der Waals surface area contributed by atoms with Gasteiger partial charge in [-0.15, -0.1) is 6.58 Å². The molecule has 5 nitrogen and oxygen atoms in total.